The number of nitrogens with one attached hydrogen (secondary N) is 2. The number of thiophene rings is 1. The largest absolute Gasteiger partial charge is 0.381 e. The molecule has 18 heavy (non-hydrogen) atoms. The molecule has 1 heterocycles. The summed E-state index contributed by atoms with van der Waals surface area (Å²) in [6, 6.07) is 10.1. The van der Waals surface area contributed by atoms with Gasteiger partial charge >= 0.3 is 0 Å². The maximum absolute atomic E-state index is 11.2. The Kier molecular flexibility index (Phi) is 4.36. The first-order chi connectivity index (χ1) is 8.78. The van der Waals surface area contributed by atoms with Crippen LogP contribution < -0.4 is 10.6 Å². The monoisotopic (exact) mass is 260 g/mol. The van der Waals surface area contributed by atoms with Crippen LogP contribution in [-0.2, 0) is 17.8 Å². The number of hydrogen-bond acceptors (Lipinski definition) is 3. The molecule has 0 aliphatic heterocycles. The predicted molar refractivity (Wildman–Crippen MR) is 75.9 cm³/mol. The predicted octanol–water partition coefficient (Wildman–Crippen LogP) is 2.65. The van der Waals surface area contributed by atoms with Crippen molar-refractivity contribution in [3.8, 4) is 0 Å². The number of rotatable bonds is 5. The molecular weight excluding hydrogens is 244 g/mol. The minimum absolute atomic E-state index is 0.0361. The van der Waals surface area contributed by atoms with E-state index in [1.165, 1.54) is 5.56 Å². The van der Waals surface area contributed by atoms with E-state index in [1.807, 2.05) is 24.3 Å². The van der Waals surface area contributed by atoms with Crippen LogP contribution in [-0.4, -0.2) is 13.0 Å². The highest BCUT2D eigenvalue weighted by Crippen LogP contribution is 2.13. The van der Waals surface area contributed by atoms with Crippen LogP contribution in [0.1, 0.15) is 11.1 Å². The highest BCUT2D eigenvalue weighted by atomic mass is 32.1. The lowest BCUT2D eigenvalue weighted by Gasteiger charge is -2.06. The zero-order valence-corrected chi connectivity index (χ0v) is 11.1. The van der Waals surface area contributed by atoms with Crippen LogP contribution in [0.5, 0.6) is 0 Å². The molecule has 3 nitrogen and oxygen atoms in total. The van der Waals surface area contributed by atoms with Crippen LogP contribution >= 0.6 is 11.3 Å². The normalized spacial score (nSPS) is 10.1. The molecule has 2 N–H and O–H groups in total. The number of amides is 1. The van der Waals surface area contributed by atoms with Crippen LogP contribution in [0.25, 0.3) is 0 Å². The van der Waals surface area contributed by atoms with Gasteiger partial charge in [-0.15, -0.1) is 0 Å². The van der Waals surface area contributed by atoms with E-state index in [0.717, 1.165) is 17.8 Å². The van der Waals surface area contributed by atoms with Crippen molar-refractivity contribution in [1.82, 2.24) is 5.32 Å². The third-order valence-electron chi connectivity index (χ3n) is 2.67. The van der Waals surface area contributed by atoms with Crippen LogP contribution in [0.4, 0.5) is 5.69 Å². The van der Waals surface area contributed by atoms with Crippen molar-refractivity contribution in [3.63, 3.8) is 0 Å². The first kappa shape index (κ1) is 12.6. The van der Waals surface area contributed by atoms with Gasteiger partial charge in [0.1, 0.15) is 0 Å². The lowest BCUT2D eigenvalue weighted by molar-refractivity contribution is -0.119. The molecule has 0 saturated carbocycles. The molecule has 0 bridgehead atoms. The molecule has 1 aromatic heterocycles. The average Bonchev–Trinajstić information content (AvgIpc) is 2.91. The Morgan fingerprint density at radius 3 is 2.56 bits per heavy atom. The first-order valence-corrected chi connectivity index (χ1v) is 6.76. The lowest BCUT2D eigenvalue weighted by atomic mass is 10.1. The number of benzene rings is 1. The summed E-state index contributed by atoms with van der Waals surface area (Å²) < 4.78 is 0. The molecule has 0 saturated heterocycles. The number of carbonyl (C=O) groups is 1. The molecule has 1 aromatic carbocycles. The van der Waals surface area contributed by atoms with Crippen molar-refractivity contribution in [3.05, 3.63) is 52.2 Å². The molecule has 4 heteroatoms. The van der Waals surface area contributed by atoms with Crippen molar-refractivity contribution >= 4 is 22.9 Å². The van der Waals surface area contributed by atoms with E-state index in [4.69, 9.17) is 0 Å². The Morgan fingerprint density at radius 1 is 1.17 bits per heavy atom. The zero-order valence-electron chi connectivity index (χ0n) is 10.3. The molecule has 0 spiro atoms. The molecule has 0 radical (unpaired) electrons. The van der Waals surface area contributed by atoms with Gasteiger partial charge in [-0.2, -0.15) is 11.3 Å². The highest BCUT2D eigenvalue weighted by molar-refractivity contribution is 7.07. The van der Waals surface area contributed by atoms with E-state index in [0.29, 0.717) is 6.42 Å². The SMILES string of the molecule is CNC(=O)Cc1ccc(NCc2ccsc2)cc1. The summed E-state index contributed by atoms with van der Waals surface area (Å²) in [5.41, 5.74) is 3.38. The van der Waals surface area contributed by atoms with Gasteiger partial charge in [-0.05, 0) is 40.1 Å². The minimum atomic E-state index is 0.0361. The Morgan fingerprint density at radius 2 is 1.94 bits per heavy atom. The second-order valence-electron chi connectivity index (χ2n) is 4.03. The summed E-state index contributed by atoms with van der Waals surface area (Å²) in [6.07, 6.45) is 0.432. The van der Waals surface area contributed by atoms with E-state index in [9.17, 15) is 4.79 Å². The van der Waals surface area contributed by atoms with Crippen molar-refractivity contribution in [2.24, 2.45) is 0 Å². The van der Waals surface area contributed by atoms with Gasteiger partial charge in [0.05, 0.1) is 6.42 Å². The van der Waals surface area contributed by atoms with Crippen LogP contribution in [0, 0.1) is 0 Å². The second kappa shape index (κ2) is 6.21. The summed E-state index contributed by atoms with van der Waals surface area (Å²) in [5, 5.41) is 10.2. The molecule has 2 aromatic rings. The van der Waals surface area contributed by atoms with Gasteiger partial charge in [0.25, 0.3) is 0 Å². The van der Waals surface area contributed by atoms with Gasteiger partial charge in [0.15, 0.2) is 0 Å². The van der Waals surface area contributed by atoms with Crippen molar-refractivity contribution < 1.29 is 4.79 Å². The molecule has 0 aliphatic rings. The summed E-state index contributed by atoms with van der Waals surface area (Å²) in [5.74, 6) is 0.0361. The highest BCUT2D eigenvalue weighted by Gasteiger charge is 2.00. The molecule has 2 rings (SSSR count). The topological polar surface area (TPSA) is 41.1 Å². The van der Waals surface area contributed by atoms with Crippen molar-refractivity contribution in [1.29, 1.82) is 0 Å². The molecule has 0 unspecified atom stereocenters. The third kappa shape index (κ3) is 3.60. The van der Waals surface area contributed by atoms with E-state index in [2.05, 4.69) is 27.5 Å². The number of anilines is 1. The Labute approximate surface area is 111 Å². The van der Waals surface area contributed by atoms with Gasteiger partial charge in [-0.1, -0.05) is 12.1 Å². The van der Waals surface area contributed by atoms with Crippen LogP contribution in [0.2, 0.25) is 0 Å². The lowest BCUT2D eigenvalue weighted by Crippen LogP contribution is -2.19. The smallest absolute Gasteiger partial charge is 0.224 e. The maximum Gasteiger partial charge on any atom is 0.224 e. The quantitative estimate of drug-likeness (QED) is 0.867. The van der Waals surface area contributed by atoms with Crippen molar-refractivity contribution in [2.75, 3.05) is 12.4 Å². The van der Waals surface area contributed by atoms with Crippen LogP contribution in [0.3, 0.4) is 0 Å². The zero-order chi connectivity index (χ0) is 12.8. The van der Waals surface area contributed by atoms with Gasteiger partial charge in [-0.3, -0.25) is 4.79 Å². The Balaban J connectivity index is 1.89. The molecule has 0 atom stereocenters. The fourth-order valence-electron chi connectivity index (χ4n) is 1.61. The van der Waals surface area contributed by atoms with E-state index < -0.39 is 0 Å². The van der Waals surface area contributed by atoms with Gasteiger partial charge in [-0.25, -0.2) is 0 Å². The summed E-state index contributed by atoms with van der Waals surface area (Å²) in [6.45, 7) is 0.832. The number of hydrogen-bond donors (Lipinski definition) is 2. The fraction of sp³-hybridized carbons (Fsp3) is 0.214. The standard InChI is InChI=1S/C14H16N2OS/c1-15-14(17)8-11-2-4-13(5-3-11)16-9-12-6-7-18-10-12/h2-7,10,16H,8-9H2,1H3,(H,15,17). The molecule has 0 aliphatic carbocycles. The van der Waals surface area contributed by atoms with Gasteiger partial charge < -0.3 is 10.6 Å². The van der Waals surface area contributed by atoms with E-state index in [-0.39, 0.29) is 5.91 Å². The summed E-state index contributed by atoms with van der Waals surface area (Å²) in [4.78, 5) is 11.2. The second-order valence-corrected chi connectivity index (χ2v) is 4.81. The van der Waals surface area contributed by atoms with Crippen LogP contribution in [0.15, 0.2) is 41.1 Å². The first-order valence-electron chi connectivity index (χ1n) is 5.82. The fourth-order valence-corrected chi connectivity index (χ4v) is 2.28. The van der Waals surface area contributed by atoms with E-state index >= 15 is 0 Å². The summed E-state index contributed by atoms with van der Waals surface area (Å²) in [7, 11) is 1.65. The number of likely N-dealkylation sites (N-methyl/N-ethyl adjacent to an activating group) is 1. The minimum Gasteiger partial charge on any atom is -0.381 e. The number of carbonyl (C=O) groups excluding carboxylic acids is 1. The Bertz CT molecular complexity index is 491. The van der Waals surface area contributed by atoms with Gasteiger partial charge in [0, 0.05) is 19.3 Å². The maximum atomic E-state index is 11.2. The van der Waals surface area contributed by atoms with E-state index in [1.54, 1.807) is 18.4 Å². The molecule has 0 fully saturated rings. The summed E-state index contributed by atoms with van der Waals surface area (Å²) >= 11 is 1.70. The molecule has 1 amide bonds. The third-order valence-corrected chi connectivity index (χ3v) is 3.41. The van der Waals surface area contributed by atoms with Crippen molar-refractivity contribution in [2.45, 2.75) is 13.0 Å². The van der Waals surface area contributed by atoms with Gasteiger partial charge in [0.2, 0.25) is 5.91 Å². The Hall–Kier alpha value is -1.81. The molecular formula is C14H16N2OS. The average molecular weight is 260 g/mol. The molecule has 94 valence electrons.